The predicted octanol–water partition coefficient (Wildman–Crippen LogP) is 3.05. The van der Waals surface area contributed by atoms with Gasteiger partial charge in [0.05, 0.1) is 0 Å². The number of nitrogens with zero attached hydrogens (tertiary/aromatic N) is 1. The third-order valence-electron chi connectivity index (χ3n) is 3.96. The summed E-state index contributed by atoms with van der Waals surface area (Å²) < 4.78 is 5.43. The highest BCUT2D eigenvalue weighted by molar-refractivity contribution is 5.47. The summed E-state index contributed by atoms with van der Waals surface area (Å²) in [5.41, 5.74) is 2.67. The smallest absolute Gasteiger partial charge is 0.0485 e. The zero-order valence-corrected chi connectivity index (χ0v) is 13.1. The highest BCUT2D eigenvalue weighted by Gasteiger charge is 2.18. The average molecular weight is 276 g/mol. The second-order valence-corrected chi connectivity index (χ2v) is 6.15. The van der Waals surface area contributed by atoms with E-state index in [1.165, 1.54) is 11.3 Å². The molecule has 1 aliphatic heterocycles. The molecule has 0 bridgehead atoms. The molecule has 1 aromatic rings. The first-order valence-electron chi connectivity index (χ1n) is 7.77. The molecule has 0 aromatic heterocycles. The van der Waals surface area contributed by atoms with Gasteiger partial charge in [-0.25, -0.2) is 0 Å². The van der Waals surface area contributed by atoms with Crippen molar-refractivity contribution in [3.63, 3.8) is 0 Å². The number of anilines is 1. The summed E-state index contributed by atoms with van der Waals surface area (Å²) in [6, 6.07) is 9.56. The fraction of sp³-hybridized carbons (Fsp3) is 0.647. The van der Waals surface area contributed by atoms with Gasteiger partial charge in [-0.1, -0.05) is 26.0 Å². The van der Waals surface area contributed by atoms with E-state index in [-0.39, 0.29) is 0 Å². The van der Waals surface area contributed by atoms with Crippen LogP contribution < -0.4 is 10.2 Å². The molecule has 0 atom stereocenters. The van der Waals surface area contributed by atoms with Gasteiger partial charge in [0, 0.05) is 38.5 Å². The Labute approximate surface area is 123 Å². The van der Waals surface area contributed by atoms with Gasteiger partial charge in [0.1, 0.15) is 0 Å². The van der Waals surface area contributed by atoms with Crippen molar-refractivity contribution < 1.29 is 4.74 Å². The van der Waals surface area contributed by atoms with Gasteiger partial charge in [0.25, 0.3) is 0 Å². The van der Waals surface area contributed by atoms with Crippen LogP contribution in [0.1, 0.15) is 32.3 Å². The summed E-state index contributed by atoms with van der Waals surface area (Å²) in [5.74, 6) is 0.703. The predicted molar refractivity (Wildman–Crippen MR) is 85.2 cm³/mol. The van der Waals surface area contributed by atoms with Crippen LogP contribution in [0.3, 0.4) is 0 Å². The molecule has 3 nitrogen and oxygen atoms in total. The minimum atomic E-state index is 0.619. The zero-order valence-electron chi connectivity index (χ0n) is 13.1. The quantitative estimate of drug-likeness (QED) is 0.864. The van der Waals surface area contributed by atoms with E-state index in [4.69, 9.17) is 4.74 Å². The van der Waals surface area contributed by atoms with Crippen LogP contribution in [0.4, 0.5) is 5.69 Å². The lowest BCUT2D eigenvalue weighted by atomic mass is 10.1. The molecule has 1 N–H and O–H groups in total. The fourth-order valence-electron chi connectivity index (χ4n) is 2.64. The second-order valence-electron chi connectivity index (χ2n) is 6.15. The Bertz CT molecular complexity index is 382. The third-order valence-corrected chi connectivity index (χ3v) is 3.96. The van der Waals surface area contributed by atoms with E-state index in [2.05, 4.69) is 55.4 Å². The maximum Gasteiger partial charge on any atom is 0.0485 e. The van der Waals surface area contributed by atoms with Gasteiger partial charge in [0.15, 0.2) is 0 Å². The number of nitrogens with one attached hydrogen (secondary N) is 1. The summed E-state index contributed by atoms with van der Waals surface area (Å²) >= 11 is 0. The van der Waals surface area contributed by atoms with Gasteiger partial charge in [-0.05, 0) is 43.0 Å². The van der Waals surface area contributed by atoms with E-state index >= 15 is 0 Å². The Balaban J connectivity index is 1.86. The Morgan fingerprint density at radius 1 is 1.20 bits per heavy atom. The Hall–Kier alpha value is -1.06. The molecule has 1 fully saturated rings. The maximum atomic E-state index is 5.43. The molecule has 1 aromatic carbocycles. The van der Waals surface area contributed by atoms with E-state index in [0.717, 1.165) is 39.1 Å². The number of benzene rings is 1. The van der Waals surface area contributed by atoms with Gasteiger partial charge in [-0.15, -0.1) is 0 Å². The third kappa shape index (κ3) is 4.50. The van der Waals surface area contributed by atoms with Crippen LogP contribution in [0.5, 0.6) is 0 Å². The molecule has 1 aliphatic rings. The zero-order chi connectivity index (χ0) is 14.4. The summed E-state index contributed by atoms with van der Waals surface area (Å²) in [5, 5.41) is 3.48. The largest absolute Gasteiger partial charge is 0.381 e. The minimum Gasteiger partial charge on any atom is -0.381 e. The first-order valence-corrected chi connectivity index (χ1v) is 7.77. The van der Waals surface area contributed by atoms with Crippen molar-refractivity contribution in [3.8, 4) is 0 Å². The summed E-state index contributed by atoms with van der Waals surface area (Å²) in [4.78, 5) is 2.40. The molecule has 0 spiro atoms. The van der Waals surface area contributed by atoms with Crippen LogP contribution in [0.15, 0.2) is 24.3 Å². The molecule has 1 saturated heterocycles. The Kier molecular flexibility index (Phi) is 5.86. The number of rotatable bonds is 6. The highest BCUT2D eigenvalue weighted by atomic mass is 16.5. The lowest BCUT2D eigenvalue weighted by molar-refractivity contribution is 0.0855. The van der Waals surface area contributed by atoms with Crippen molar-refractivity contribution in [2.24, 2.45) is 5.92 Å². The van der Waals surface area contributed by atoms with Crippen molar-refractivity contribution >= 4 is 5.69 Å². The molecule has 0 unspecified atom stereocenters. The Morgan fingerprint density at radius 3 is 2.45 bits per heavy atom. The van der Waals surface area contributed by atoms with Gasteiger partial charge in [-0.2, -0.15) is 0 Å². The molecule has 20 heavy (non-hydrogen) atoms. The molecule has 3 heteroatoms. The second kappa shape index (κ2) is 7.65. The molecule has 0 radical (unpaired) electrons. The molecule has 0 saturated carbocycles. The maximum absolute atomic E-state index is 5.43. The van der Waals surface area contributed by atoms with Crippen LogP contribution >= 0.6 is 0 Å². The molecule has 0 aliphatic carbocycles. The summed E-state index contributed by atoms with van der Waals surface area (Å²) in [7, 11) is 2.20. The lowest BCUT2D eigenvalue weighted by Gasteiger charge is -2.33. The van der Waals surface area contributed by atoms with Gasteiger partial charge >= 0.3 is 0 Å². The molecule has 112 valence electrons. The first kappa shape index (κ1) is 15.3. The molecule has 1 heterocycles. The topological polar surface area (TPSA) is 24.5 Å². The monoisotopic (exact) mass is 276 g/mol. The standard InChI is InChI=1S/C17H28N2O/c1-14(2)12-18-13-15-4-6-16(7-5-15)19(3)17-8-10-20-11-9-17/h4-7,14,17-18H,8-13H2,1-3H3. The van der Waals surface area contributed by atoms with E-state index < -0.39 is 0 Å². The van der Waals surface area contributed by atoms with Crippen molar-refractivity contribution in [2.75, 3.05) is 31.7 Å². The van der Waals surface area contributed by atoms with Gasteiger partial charge < -0.3 is 15.0 Å². The van der Waals surface area contributed by atoms with Crippen molar-refractivity contribution in [3.05, 3.63) is 29.8 Å². The molecule has 2 rings (SSSR count). The summed E-state index contributed by atoms with van der Waals surface area (Å²) in [6.07, 6.45) is 2.27. The number of hydrogen-bond donors (Lipinski definition) is 1. The molecular weight excluding hydrogens is 248 g/mol. The van der Waals surface area contributed by atoms with Gasteiger partial charge in [-0.3, -0.25) is 0 Å². The first-order chi connectivity index (χ1) is 9.66. The van der Waals surface area contributed by atoms with Crippen LogP contribution in [0, 0.1) is 5.92 Å². The fourth-order valence-corrected chi connectivity index (χ4v) is 2.64. The van der Waals surface area contributed by atoms with Gasteiger partial charge in [0.2, 0.25) is 0 Å². The number of ether oxygens (including phenoxy) is 1. The number of hydrogen-bond acceptors (Lipinski definition) is 3. The van der Waals surface area contributed by atoms with Crippen molar-refractivity contribution in [1.29, 1.82) is 0 Å². The van der Waals surface area contributed by atoms with E-state index in [9.17, 15) is 0 Å². The van der Waals surface area contributed by atoms with Crippen LogP contribution in [0.25, 0.3) is 0 Å². The Morgan fingerprint density at radius 2 is 1.85 bits per heavy atom. The van der Waals surface area contributed by atoms with Crippen LogP contribution in [0.2, 0.25) is 0 Å². The SMILES string of the molecule is CC(C)CNCc1ccc(N(C)C2CCOCC2)cc1. The highest BCUT2D eigenvalue weighted by Crippen LogP contribution is 2.21. The van der Waals surface area contributed by atoms with Crippen molar-refractivity contribution in [2.45, 2.75) is 39.3 Å². The van der Waals surface area contributed by atoms with E-state index in [0.29, 0.717) is 12.0 Å². The summed E-state index contributed by atoms with van der Waals surface area (Å²) in [6.45, 7) is 8.29. The average Bonchev–Trinajstić information content (AvgIpc) is 2.48. The normalized spacial score (nSPS) is 16.6. The minimum absolute atomic E-state index is 0.619. The molecule has 0 amide bonds. The van der Waals surface area contributed by atoms with Crippen LogP contribution in [-0.2, 0) is 11.3 Å². The lowest BCUT2D eigenvalue weighted by Crippen LogP contribution is -2.36. The van der Waals surface area contributed by atoms with E-state index in [1.54, 1.807) is 0 Å². The van der Waals surface area contributed by atoms with Crippen molar-refractivity contribution in [1.82, 2.24) is 5.32 Å². The molecular formula is C17H28N2O. The van der Waals surface area contributed by atoms with Crippen LogP contribution in [-0.4, -0.2) is 32.8 Å². The van der Waals surface area contributed by atoms with E-state index in [1.807, 2.05) is 0 Å².